The van der Waals surface area contributed by atoms with E-state index in [4.69, 9.17) is 27.9 Å². The average molecular weight is 399 g/mol. The van der Waals surface area contributed by atoms with Crippen LogP contribution in [0.15, 0.2) is 18.2 Å². The van der Waals surface area contributed by atoms with Crippen molar-refractivity contribution in [1.82, 2.24) is 4.90 Å². The molecule has 2 bridgehead atoms. The third-order valence-electron chi connectivity index (χ3n) is 5.70. The lowest BCUT2D eigenvalue weighted by Crippen LogP contribution is -2.53. The smallest absolute Gasteiger partial charge is 0.310 e. The lowest BCUT2D eigenvalue weighted by atomic mass is 9.78. The van der Waals surface area contributed by atoms with E-state index in [1.54, 1.807) is 11.0 Å². The number of rotatable bonds is 3. The quantitative estimate of drug-likeness (QED) is 0.846. The molecule has 6 nitrogen and oxygen atoms in total. The molecule has 1 amide bonds. The number of nitrogens with zero attached hydrogens (tertiary/aromatic N) is 2. The van der Waals surface area contributed by atoms with Gasteiger partial charge in [-0.1, -0.05) is 23.2 Å². The van der Waals surface area contributed by atoms with Crippen molar-refractivity contribution in [2.24, 2.45) is 11.8 Å². The SMILES string of the molecule is O=C(O)[C@@H]1[C@H](C(=O)N2CCN(c3ccc(Cl)c(Cl)c3)CC2)[C@H]2CC[C@H]1O2. The van der Waals surface area contributed by atoms with Crippen molar-refractivity contribution in [2.45, 2.75) is 25.0 Å². The molecule has 0 radical (unpaired) electrons. The zero-order valence-electron chi connectivity index (χ0n) is 14.1. The van der Waals surface area contributed by atoms with Crippen molar-refractivity contribution in [2.75, 3.05) is 31.1 Å². The second-order valence-electron chi connectivity index (χ2n) is 7.09. The van der Waals surface area contributed by atoms with Gasteiger partial charge >= 0.3 is 5.97 Å². The molecule has 3 saturated heterocycles. The first kappa shape index (κ1) is 17.9. The Morgan fingerprint density at radius 3 is 2.27 bits per heavy atom. The molecule has 26 heavy (non-hydrogen) atoms. The van der Waals surface area contributed by atoms with Crippen LogP contribution in [-0.2, 0) is 14.3 Å². The molecule has 3 heterocycles. The maximum absolute atomic E-state index is 13.0. The van der Waals surface area contributed by atoms with Gasteiger partial charge in [0.15, 0.2) is 0 Å². The minimum atomic E-state index is -0.926. The number of amides is 1. The minimum Gasteiger partial charge on any atom is -0.481 e. The molecule has 0 unspecified atom stereocenters. The van der Waals surface area contributed by atoms with Crippen LogP contribution in [0.25, 0.3) is 0 Å². The first-order valence-corrected chi connectivity index (χ1v) is 9.58. The number of benzene rings is 1. The molecule has 1 aromatic carbocycles. The van der Waals surface area contributed by atoms with Crippen LogP contribution in [0.3, 0.4) is 0 Å². The van der Waals surface area contributed by atoms with Gasteiger partial charge in [-0.15, -0.1) is 0 Å². The molecule has 3 aliphatic rings. The van der Waals surface area contributed by atoms with Crippen LogP contribution in [0.4, 0.5) is 5.69 Å². The summed E-state index contributed by atoms with van der Waals surface area (Å²) in [5.74, 6) is -2.28. The molecule has 0 aromatic heterocycles. The topological polar surface area (TPSA) is 70.1 Å². The lowest BCUT2D eigenvalue weighted by molar-refractivity contribution is -0.151. The standard InChI is InChI=1S/C18H20Cl2N2O4/c19-11-2-1-10(9-12(11)20)21-5-7-22(8-6-21)17(23)15-13-3-4-14(26-13)16(15)18(24)25/h1-2,9,13-16H,3-8H2,(H,24,25)/t13-,14-,15-,16+/m1/s1. The first-order chi connectivity index (χ1) is 12.5. The highest BCUT2D eigenvalue weighted by Gasteiger charge is 2.56. The van der Waals surface area contributed by atoms with Gasteiger partial charge in [-0.2, -0.15) is 0 Å². The highest BCUT2D eigenvalue weighted by molar-refractivity contribution is 6.42. The molecule has 4 atom stereocenters. The van der Waals surface area contributed by atoms with Crippen molar-refractivity contribution < 1.29 is 19.4 Å². The van der Waals surface area contributed by atoms with Crippen LogP contribution in [0.1, 0.15) is 12.8 Å². The maximum atomic E-state index is 13.0. The number of carbonyl (C=O) groups is 2. The van der Waals surface area contributed by atoms with Crippen molar-refractivity contribution in [1.29, 1.82) is 0 Å². The summed E-state index contributed by atoms with van der Waals surface area (Å²) in [5, 5.41) is 10.5. The number of carboxylic acid groups (broad SMARTS) is 1. The fourth-order valence-corrected chi connectivity index (χ4v) is 4.68. The van der Waals surface area contributed by atoms with Gasteiger partial charge in [0.05, 0.1) is 34.1 Å². The Bertz CT molecular complexity index is 736. The Hall–Kier alpha value is -1.50. The number of carboxylic acids is 1. The summed E-state index contributed by atoms with van der Waals surface area (Å²) in [5.41, 5.74) is 0.971. The number of halogens is 2. The molecular formula is C18H20Cl2N2O4. The Morgan fingerprint density at radius 1 is 1.00 bits per heavy atom. The van der Waals surface area contributed by atoms with Crippen LogP contribution >= 0.6 is 23.2 Å². The summed E-state index contributed by atoms with van der Waals surface area (Å²) in [6.45, 7) is 2.45. The van der Waals surface area contributed by atoms with E-state index in [0.29, 0.717) is 36.2 Å². The second kappa shape index (κ2) is 6.91. The van der Waals surface area contributed by atoms with Crippen LogP contribution < -0.4 is 4.90 Å². The Balaban J connectivity index is 1.42. The number of anilines is 1. The number of fused-ring (bicyclic) bond motifs is 2. The predicted octanol–water partition coefficient (Wildman–Crippen LogP) is 2.52. The van der Waals surface area contributed by atoms with Crippen molar-refractivity contribution in [3.8, 4) is 0 Å². The summed E-state index contributed by atoms with van der Waals surface area (Å²) < 4.78 is 5.72. The summed E-state index contributed by atoms with van der Waals surface area (Å²) in [4.78, 5) is 28.5. The molecule has 8 heteroatoms. The van der Waals surface area contributed by atoms with Gasteiger partial charge in [0.1, 0.15) is 0 Å². The summed E-state index contributed by atoms with van der Waals surface area (Å²) in [6.07, 6.45) is 0.940. The number of hydrogen-bond acceptors (Lipinski definition) is 4. The third-order valence-corrected chi connectivity index (χ3v) is 6.44. The molecule has 3 fully saturated rings. The van der Waals surface area contributed by atoms with Crippen LogP contribution in [0.2, 0.25) is 10.0 Å². The van der Waals surface area contributed by atoms with E-state index in [9.17, 15) is 14.7 Å². The third kappa shape index (κ3) is 3.04. The second-order valence-corrected chi connectivity index (χ2v) is 7.91. The molecule has 4 rings (SSSR count). The van der Waals surface area contributed by atoms with Crippen LogP contribution in [0.5, 0.6) is 0 Å². The Kier molecular flexibility index (Phi) is 4.75. The van der Waals surface area contributed by atoms with Gasteiger partial charge in [0.2, 0.25) is 5.91 Å². The summed E-state index contributed by atoms with van der Waals surface area (Å²) >= 11 is 12.1. The van der Waals surface area contributed by atoms with E-state index in [0.717, 1.165) is 18.5 Å². The van der Waals surface area contributed by atoms with E-state index in [1.165, 1.54) is 0 Å². The molecule has 3 aliphatic heterocycles. The van der Waals surface area contributed by atoms with Crippen LogP contribution in [0, 0.1) is 11.8 Å². The minimum absolute atomic E-state index is 0.0848. The highest BCUT2D eigenvalue weighted by atomic mass is 35.5. The average Bonchev–Trinajstić information content (AvgIpc) is 3.25. The van der Waals surface area contributed by atoms with E-state index in [-0.39, 0.29) is 18.1 Å². The van der Waals surface area contributed by atoms with Crippen molar-refractivity contribution in [3.63, 3.8) is 0 Å². The van der Waals surface area contributed by atoms with Gasteiger partial charge in [-0.25, -0.2) is 0 Å². The fraction of sp³-hybridized carbons (Fsp3) is 0.556. The number of carbonyl (C=O) groups excluding carboxylic acids is 1. The van der Waals surface area contributed by atoms with Crippen molar-refractivity contribution in [3.05, 3.63) is 28.2 Å². The van der Waals surface area contributed by atoms with E-state index in [1.807, 2.05) is 12.1 Å². The molecule has 1 N–H and O–H groups in total. The zero-order chi connectivity index (χ0) is 18.4. The molecular weight excluding hydrogens is 379 g/mol. The first-order valence-electron chi connectivity index (χ1n) is 8.83. The van der Waals surface area contributed by atoms with Gasteiger partial charge in [-0.3, -0.25) is 9.59 Å². The predicted molar refractivity (Wildman–Crippen MR) is 97.8 cm³/mol. The molecule has 140 valence electrons. The summed E-state index contributed by atoms with van der Waals surface area (Å²) in [7, 11) is 0. The van der Waals surface area contributed by atoms with Gasteiger partial charge in [0, 0.05) is 31.9 Å². The lowest BCUT2D eigenvalue weighted by Gasteiger charge is -2.38. The zero-order valence-corrected chi connectivity index (χ0v) is 15.6. The number of ether oxygens (including phenoxy) is 1. The largest absolute Gasteiger partial charge is 0.481 e. The highest BCUT2D eigenvalue weighted by Crippen LogP contribution is 2.44. The van der Waals surface area contributed by atoms with Crippen LogP contribution in [-0.4, -0.2) is 60.3 Å². The monoisotopic (exact) mass is 398 g/mol. The molecule has 0 spiro atoms. The van der Waals surface area contributed by atoms with E-state index < -0.39 is 17.8 Å². The number of aliphatic carboxylic acids is 1. The normalized spacial score (nSPS) is 30.7. The number of piperazine rings is 1. The molecule has 0 aliphatic carbocycles. The van der Waals surface area contributed by atoms with E-state index >= 15 is 0 Å². The summed E-state index contributed by atoms with van der Waals surface area (Å²) in [6, 6.07) is 5.50. The number of hydrogen-bond donors (Lipinski definition) is 1. The van der Waals surface area contributed by atoms with E-state index in [2.05, 4.69) is 4.90 Å². The fourth-order valence-electron chi connectivity index (χ4n) is 4.38. The van der Waals surface area contributed by atoms with Crippen molar-refractivity contribution >= 4 is 40.8 Å². The maximum Gasteiger partial charge on any atom is 0.310 e. The molecule has 1 aromatic rings. The van der Waals surface area contributed by atoms with Gasteiger partial charge < -0.3 is 19.6 Å². The molecule has 0 saturated carbocycles. The van der Waals surface area contributed by atoms with Gasteiger partial charge in [0.25, 0.3) is 0 Å². The Labute approximate surface area is 161 Å². The Morgan fingerprint density at radius 2 is 1.65 bits per heavy atom. The van der Waals surface area contributed by atoms with Gasteiger partial charge in [-0.05, 0) is 31.0 Å².